The predicted octanol–water partition coefficient (Wildman–Crippen LogP) is 3.92. The Bertz CT molecular complexity index is 904. The van der Waals surface area contributed by atoms with E-state index in [2.05, 4.69) is 5.32 Å². The lowest BCUT2D eigenvalue weighted by Crippen LogP contribution is -2.34. The van der Waals surface area contributed by atoms with Crippen LogP contribution in [0, 0.1) is 5.82 Å². The molecule has 7 nitrogen and oxygen atoms in total. The van der Waals surface area contributed by atoms with Crippen molar-refractivity contribution in [1.82, 2.24) is 5.32 Å². The first-order chi connectivity index (χ1) is 15.9. The Hall–Kier alpha value is -2.25. The quantitative estimate of drug-likeness (QED) is 0.269. The molecule has 0 bridgehead atoms. The molecule has 0 amide bonds. The van der Waals surface area contributed by atoms with Crippen molar-refractivity contribution in [1.29, 1.82) is 0 Å². The van der Waals surface area contributed by atoms with Gasteiger partial charge in [-0.3, -0.25) is 0 Å². The molecule has 1 saturated carbocycles. The number of hydrogen-bond donors (Lipinski definition) is 4. The Morgan fingerprint density at radius 2 is 1.76 bits per heavy atom. The molecule has 2 unspecified atom stereocenters. The number of halogens is 1. The van der Waals surface area contributed by atoms with Crippen LogP contribution in [0.1, 0.15) is 37.7 Å². The van der Waals surface area contributed by atoms with Crippen molar-refractivity contribution in [2.75, 3.05) is 26.3 Å². The van der Waals surface area contributed by atoms with E-state index in [0.29, 0.717) is 18.8 Å². The molecule has 4 N–H and O–H groups in total. The van der Waals surface area contributed by atoms with Crippen LogP contribution in [-0.2, 0) is 11.0 Å². The van der Waals surface area contributed by atoms with Crippen molar-refractivity contribution in [3.05, 3.63) is 53.8 Å². The van der Waals surface area contributed by atoms with Gasteiger partial charge in [0.25, 0.3) is 0 Å². The van der Waals surface area contributed by atoms with Gasteiger partial charge in [0, 0.05) is 25.5 Å². The molecule has 1 fully saturated rings. The Labute approximate surface area is 194 Å². The third-order valence-corrected chi connectivity index (χ3v) is 7.34. The van der Waals surface area contributed by atoms with Crippen molar-refractivity contribution >= 4 is 8.03 Å². The summed E-state index contributed by atoms with van der Waals surface area (Å²) >= 11 is 0. The summed E-state index contributed by atoms with van der Waals surface area (Å²) in [7, 11) is -2.28. The normalized spacial score (nSPS) is 16.8. The van der Waals surface area contributed by atoms with Gasteiger partial charge < -0.3 is 25.0 Å². The molecule has 2 atom stereocenters. The summed E-state index contributed by atoms with van der Waals surface area (Å²) in [6, 6.07) is 11.4. The van der Waals surface area contributed by atoms with E-state index in [-0.39, 0.29) is 19.0 Å². The van der Waals surface area contributed by atoms with Crippen LogP contribution in [0.2, 0.25) is 0 Å². The van der Waals surface area contributed by atoms with Crippen molar-refractivity contribution in [3.63, 3.8) is 0 Å². The van der Waals surface area contributed by atoms with Crippen LogP contribution >= 0.6 is 8.03 Å². The third-order valence-electron chi connectivity index (χ3n) is 5.95. The van der Waals surface area contributed by atoms with Crippen molar-refractivity contribution in [2.45, 2.75) is 49.8 Å². The number of aromatic hydroxyl groups is 1. The molecular formula is C24H32FNO6P+. The lowest BCUT2D eigenvalue weighted by atomic mass is 9.89. The minimum atomic E-state index is -2.28. The second kappa shape index (κ2) is 12.3. The van der Waals surface area contributed by atoms with Gasteiger partial charge in [-0.15, -0.1) is 0 Å². The summed E-state index contributed by atoms with van der Waals surface area (Å²) in [5.41, 5.74) is 1.10. The van der Waals surface area contributed by atoms with E-state index in [0.717, 1.165) is 50.2 Å². The molecule has 0 saturated heterocycles. The number of phenols is 1. The molecule has 0 aliphatic heterocycles. The van der Waals surface area contributed by atoms with Gasteiger partial charge in [-0.05, 0) is 60.2 Å². The summed E-state index contributed by atoms with van der Waals surface area (Å²) in [6.45, 7) is 1.24. The fraction of sp³-hybridized carbons (Fsp3) is 0.500. The highest BCUT2D eigenvalue weighted by molar-refractivity contribution is 7.40. The monoisotopic (exact) mass is 480 g/mol. The van der Waals surface area contributed by atoms with Gasteiger partial charge in [0.2, 0.25) is 5.16 Å². The summed E-state index contributed by atoms with van der Waals surface area (Å²) in [5, 5.41) is 21.7. The zero-order chi connectivity index (χ0) is 23.7. The van der Waals surface area contributed by atoms with Gasteiger partial charge in [0.1, 0.15) is 30.8 Å². The number of aliphatic hydroxyl groups is 1. The molecule has 3 rings (SSSR count). The summed E-state index contributed by atoms with van der Waals surface area (Å²) < 4.78 is 36.4. The number of nitrogens with one attached hydrogen (secondary N) is 1. The van der Waals surface area contributed by atoms with E-state index in [1.165, 1.54) is 12.1 Å². The molecule has 1 aliphatic carbocycles. The van der Waals surface area contributed by atoms with E-state index in [9.17, 15) is 19.0 Å². The number of ether oxygens (including phenoxy) is 2. The smallest absolute Gasteiger partial charge is 0.505 e. The first-order valence-electron chi connectivity index (χ1n) is 11.3. The molecule has 0 spiro atoms. The van der Waals surface area contributed by atoms with E-state index < -0.39 is 30.9 Å². The standard InChI is InChI=1S/C24H31FNO6P/c25-22-14-21(8-9-23(22)28)31-16-19(27)15-26-13-10-18-4-6-20(7-5-18)32-17-24(33(29)30)11-2-1-3-12-24/h4-9,14,19,26-27H,1-3,10-13,15-17H2,(H-,28,29,30)/p+1. The van der Waals surface area contributed by atoms with Crippen LogP contribution in [0.3, 0.4) is 0 Å². The van der Waals surface area contributed by atoms with Crippen LogP contribution in [0.4, 0.5) is 4.39 Å². The Morgan fingerprint density at radius 3 is 2.42 bits per heavy atom. The maximum Gasteiger partial charge on any atom is 0.515 e. The highest BCUT2D eigenvalue weighted by Crippen LogP contribution is 2.46. The zero-order valence-corrected chi connectivity index (χ0v) is 19.5. The molecule has 9 heteroatoms. The SMILES string of the molecule is O=[P+](O)C1(COc2ccc(CCNCC(O)COc3ccc(O)c(F)c3)cc2)CCCCC1. The van der Waals surface area contributed by atoms with Crippen molar-refractivity contribution in [3.8, 4) is 17.2 Å². The van der Waals surface area contributed by atoms with E-state index in [1.807, 2.05) is 24.3 Å². The number of phenolic OH excluding ortho intramolecular Hbond substituents is 1. The summed E-state index contributed by atoms with van der Waals surface area (Å²) in [4.78, 5) is 9.79. The average Bonchev–Trinajstić information content (AvgIpc) is 2.82. The average molecular weight is 480 g/mol. The molecule has 2 aromatic rings. The second-order valence-corrected chi connectivity index (χ2v) is 10.0. The Morgan fingerprint density at radius 1 is 1.06 bits per heavy atom. The Kier molecular flexibility index (Phi) is 9.44. The first-order valence-corrected chi connectivity index (χ1v) is 12.5. The topological polar surface area (TPSA) is 108 Å². The Balaban J connectivity index is 1.34. The van der Waals surface area contributed by atoms with Crippen molar-refractivity contribution < 1.29 is 33.5 Å². The van der Waals surface area contributed by atoms with E-state index in [1.54, 1.807) is 0 Å². The van der Waals surface area contributed by atoms with Gasteiger partial charge in [-0.2, -0.15) is 4.89 Å². The fourth-order valence-corrected chi connectivity index (χ4v) is 4.77. The summed E-state index contributed by atoms with van der Waals surface area (Å²) in [6.07, 6.45) is 4.48. The van der Waals surface area contributed by atoms with Crippen molar-refractivity contribution in [2.24, 2.45) is 0 Å². The van der Waals surface area contributed by atoms with Crippen LogP contribution in [-0.4, -0.2) is 52.7 Å². The van der Waals surface area contributed by atoms with E-state index >= 15 is 0 Å². The molecule has 2 aromatic carbocycles. The molecule has 180 valence electrons. The number of benzene rings is 2. The van der Waals surface area contributed by atoms with Crippen LogP contribution in [0.15, 0.2) is 42.5 Å². The predicted molar refractivity (Wildman–Crippen MR) is 124 cm³/mol. The first kappa shape index (κ1) is 25.4. The summed E-state index contributed by atoms with van der Waals surface area (Å²) in [5.74, 6) is -0.285. The van der Waals surface area contributed by atoms with Gasteiger partial charge >= 0.3 is 8.03 Å². The highest BCUT2D eigenvalue weighted by atomic mass is 31.1. The number of rotatable bonds is 12. The van der Waals surface area contributed by atoms with Crippen LogP contribution < -0.4 is 14.8 Å². The van der Waals surface area contributed by atoms with Crippen LogP contribution in [0.5, 0.6) is 17.2 Å². The van der Waals surface area contributed by atoms with Gasteiger partial charge in [0.05, 0.1) is 0 Å². The second-order valence-electron chi connectivity index (χ2n) is 8.52. The van der Waals surface area contributed by atoms with Gasteiger partial charge in [-0.1, -0.05) is 18.6 Å². The molecule has 0 aromatic heterocycles. The molecular weight excluding hydrogens is 448 g/mol. The molecule has 33 heavy (non-hydrogen) atoms. The molecule has 1 aliphatic rings. The van der Waals surface area contributed by atoms with E-state index in [4.69, 9.17) is 14.6 Å². The highest BCUT2D eigenvalue weighted by Gasteiger charge is 2.50. The third kappa shape index (κ3) is 7.64. The lowest BCUT2D eigenvalue weighted by molar-refractivity contribution is 0.106. The molecule has 0 heterocycles. The van der Waals surface area contributed by atoms with Gasteiger partial charge in [-0.25, -0.2) is 4.39 Å². The largest absolute Gasteiger partial charge is 0.515 e. The minimum absolute atomic E-state index is 0.00410. The minimum Gasteiger partial charge on any atom is -0.505 e. The maximum absolute atomic E-state index is 13.3. The fourth-order valence-electron chi connectivity index (χ4n) is 3.90. The maximum atomic E-state index is 13.3. The lowest BCUT2D eigenvalue weighted by Gasteiger charge is -2.25. The van der Waals surface area contributed by atoms with Crippen LogP contribution in [0.25, 0.3) is 0 Å². The number of hydrogen-bond acceptors (Lipinski definition) is 6. The zero-order valence-electron chi connectivity index (χ0n) is 18.6. The van der Waals surface area contributed by atoms with Gasteiger partial charge in [0.15, 0.2) is 11.6 Å². The molecule has 0 radical (unpaired) electrons. The number of aliphatic hydroxyl groups excluding tert-OH is 1.